The second-order valence-corrected chi connectivity index (χ2v) is 11.0. The molecule has 1 fully saturated rings. The fourth-order valence-corrected chi connectivity index (χ4v) is 6.77. The molecule has 0 atom stereocenters. The highest BCUT2D eigenvalue weighted by molar-refractivity contribution is 7.89. The lowest BCUT2D eigenvalue weighted by Crippen LogP contribution is -2.39. The molecule has 9 heteroatoms. The summed E-state index contributed by atoms with van der Waals surface area (Å²) in [5.74, 6) is -0.0137. The summed E-state index contributed by atoms with van der Waals surface area (Å²) in [6.45, 7) is 0.871. The van der Waals surface area contributed by atoms with E-state index in [1.807, 2.05) is 23.6 Å². The lowest BCUT2D eigenvalue weighted by atomic mass is 9.87. The minimum Gasteiger partial charge on any atom is -0.364 e. The van der Waals surface area contributed by atoms with Gasteiger partial charge in [-0.2, -0.15) is 0 Å². The van der Waals surface area contributed by atoms with Gasteiger partial charge in [0.25, 0.3) is 5.91 Å². The molecular weight excluding hydrogens is 442 g/mol. The largest absolute Gasteiger partial charge is 0.364 e. The van der Waals surface area contributed by atoms with Gasteiger partial charge in [0.2, 0.25) is 10.0 Å². The summed E-state index contributed by atoms with van der Waals surface area (Å²) in [6.07, 6.45) is 1.75. The Bertz CT molecular complexity index is 1150. The van der Waals surface area contributed by atoms with Crippen molar-refractivity contribution in [3.05, 3.63) is 47.0 Å². The minimum atomic E-state index is -3.29. The monoisotopic (exact) mass is 465 g/mol. The second kappa shape index (κ2) is 8.70. The Hall–Kier alpha value is -1.87. The number of benzene rings is 1. The van der Waals surface area contributed by atoms with E-state index < -0.39 is 15.9 Å². The first kappa shape index (κ1) is 21.4. The maximum Gasteiger partial charge on any atom is 0.265 e. The number of hydrogen-bond acceptors (Lipinski definition) is 4. The van der Waals surface area contributed by atoms with E-state index in [0.717, 1.165) is 26.9 Å². The number of primary amides is 1. The zero-order valence-corrected chi connectivity index (χ0v) is 18.8. The molecule has 4 rings (SSSR count). The number of halogens is 1. The van der Waals surface area contributed by atoms with Crippen molar-refractivity contribution in [2.45, 2.75) is 25.2 Å². The number of H-pyrrole nitrogens is 1. The maximum absolute atomic E-state index is 12.5. The first-order chi connectivity index (χ1) is 14.4. The molecule has 3 N–H and O–H groups in total. The molecule has 160 valence electrons. The van der Waals surface area contributed by atoms with E-state index in [1.165, 1.54) is 0 Å². The summed E-state index contributed by atoms with van der Waals surface area (Å²) in [5, 5.41) is 3.02. The molecule has 2 aromatic heterocycles. The number of thiophene rings is 1. The molecule has 1 aliphatic heterocycles. The average Bonchev–Trinajstić information content (AvgIpc) is 3.40. The third-order valence-electron chi connectivity index (χ3n) is 5.68. The first-order valence-electron chi connectivity index (χ1n) is 9.94. The van der Waals surface area contributed by atoms with Gasteiger partial charge in [-0.05, 0) is 59.9 Å². The molecule has 3 aromatic rings. The highest BCUT2D eigenvalue weighted by Gasteiger charge is 2.31. The van der Waals surface area contributed by atoms with Crippen LogP contribution in [0.25, 0.3) is 21.3 Å². The number of carbonyl (C=O) groups excluding carboxylic acids is 1. The number of nitrogens with one attached hydrogen (secondary N) is 1. The summed E-state index contributed by atoms with van der Waals surface area (Å²) in [6, 6.07) is 10.2. The Morgan fingerprint density at radius 3 is 2.67 bits per heavy atom. The van der Waals surface area contributed by atoms with Gasteiger partial charge in [0.15, 0.2) is 0 Å². The minimum absolute atomic E-state index is 0.0688. The molecule has 1 amide bonds. The molecule has 0 unspecified atom stereocenters. The van der Waals surface area contributed by atoms with Crippen molar-refractivity contribution in [1.29, 1.82) is 0 Å². The standard InChI is InChI=1S/C21H24ClN3O3S2/c22-8-2-12-30(27,28)25-9-6-14(7-10-25)19-16-13-15(18-3-1-11-29-18)4-5-17(16)24-20(19)21(23)26/h1,3-5,11,13-14,24H,2,6-10,12H2,(H2,23,26). The van der Waals surface area contributed by atoms with Gasteiger partial charge in [-0.3, -0.25) is 4.79 Å². The summed E-state index contributed by atoms with van der Waals surface area (Å²) in [4.78, 5) is 16.5. The molecule has 0 aliphatic carbocycles. The molecule has 3 heterocycles. The maximum atomic E-state index is 12.5. The smallest absolute Gasteiger partial charge is 0.265 e. The first-order valence-corrected chi connectivity index (χ1v) is 13.0. The van der Waals surface area contributed by atoms with Gasteiger partial charge in [-0.1, -0.05) is 12.1 Å². The molecule has 0 bridgehead atoms. The van der Waals surface area contributed by atoms with Gasteiger partial charge in [0.05, 0.1) is 5.75 Å². The Morgan fingerprint density at radius 1 is 1.27 bits per heavy atom. The summed E-state index contributed by atoms with van der Waals surface area (Å²) in [7, 11) is -3.29. The molecule has 6 nitrogen and oxygen atoms in total. The Kier molecular flexibility index (Phi) is 6.20. The summed E-state index contributed by atoms with van der Waals surface area (Å²) >= 11 is 7.32. The van der Waals surface area contributed by atoms with Gasteiger partial charge in [0, 0.05) is 34.7 Å². The quantitative estimate of drug-likeness (QED) is 0.513. The highest BCUT2D eigenvalue weighted by Crippen LogP contribution is 2.38. The molecule has 0 radical (unpaired) electrons. The van der Waals surface area contributed by atoms with Crippen LogP contribution in [-0.2, 0) is 10.0 Å². The number of alkyl halides is 1. The molecule has 1 aliphatic rings. The molecular formula is C21H24ClN3O3S2. The fourth-order valence-electron chi connectivity index (χ4n) is 4.22. The number of sulfonamides is 1. The van der Waals surface area contributed by atoms with Crippen LogP contribution in [0.15, 0.2) is 35.7 Å². The topological polar surface area (TPSA) is 96.3 Å². The van der Waals surface area contributed by atoms with Crippen LogP contribution in [0.1, 0.15) is 41.2 Å². The van der Waals surface area contributed by atoms with Gasteiger partial charge in [-0.25, -0.2) is 12.7 Å². The normalized spacial score (nSPS) is 16.3. The van der Waals surface area contributed by atoms with Crippen LogP contribution in [0.5, 0.6) is 0 Å². The van der Waals surface area contributed by atoms with Gasteiger partial charge in [-0.15, -0.1) is 22.9 Å². The van der Waals surface area contributed by atoms with E-state index in [-0.39, 0.29) is 11.7 Å². The number of piperidine rings is 1. The van der Waals surface area contributed by atoms with Gasteiger partial charge < -0.3 is 10.7 Å². The van der Waals surface area contributed by atoms with Crippen molar-refractivity contribution in [3.8, 4) is 10.4 Å². The predicted octanol–water partition coefficient (Wildman–Crippen LogP) is 4.13. The number of aromatic amines is 1. The molecule has 30 heavy (non-hydrogen) atoms. The Labute approximate surface area is 185 Å². The van der Waals surface area contributed by atoms with Crippen molar-refractivity contribution >= 4 is 49.8 Å². The number of fused-ring (bicyclic) bond motifs is 1. The number of rotatable bonds is 7. The van der Waals surface area contributed by atoms with E-state index in [4.69, 9.17) is 17.3 Å². The van der Waals surface area contributed by atoms with Crippen molar-refractivity contribution in [2.24, 2.45) is 5.73 Å². The number of nitrogens with two attached hydrogens (primary N) is 1. The zero-order chi connectivity index (χ0) is 21.3. The highest BCUT2D eigenvalue weighted by atomic mass is 35.5. The molecule has 1 aromatic carbocycles. The van der Waals surface area contributed by atoms with Crippen LogP contribution in [-0.4, -0.2) is 48.3 Å². The Morgan fingerprint density at radius 2 is 2.03 bits per heavy atom. The van der Waals surface area contributed by atoms with Crippen LogP contribution in [0.3, 0.4) is 0 Å². The predicted molar refractivity (Wildman–Crippen MR) is 123 cm³/mol. The number of aromatic nitrogens is 1. The van der Waals surface area contributed by atoms with E-state index in [1.54, 1.807) is 15.6 Å². The number of amides is 1. The van der Waals surface area contributed by atoms with Crippen molar-refractivity contribution in [2.75, 3.05) is 24.7 Å². The molecule has 0 spiro atoms. The van der Waals surface area contributed by atoms with Crippen LogP contribution >= 0.6 is 22.9 Å². The van der Waals surface area contributed by atoms with Crippen LogP contribution in [0.2, 0.25) is 0 Å². The lowest BCUT2D eigenvalue weighted by molar-refractivity contribution is 0.0994. The van der Waals surface area contributed by atoms with Crippen molar-refractivity contribution in [1.82, 2.24) is 9.29 Å². The summed E-state index contributed by atoms with van der Waals surface area (Å²) in [5.41, 5.74) is 8.98. The Balaban J connectivity index is 1.65. The lowest BCUT2D eigenvalue weighted by Gasteiger charge is -2.31. The fraction of sp³-hybridized carbons (Fsp3) is 0.381. The van der Waals surface area contributed by atoms with Crippen LogP contribution in [0, 0.1) is 0 Å². The van der Waals surface area contributed by atoms with Gasteiger partial charge >= 0.3 is 0 Å². The van der Waals surface area contributed by atoms with Crippen molar-refractivity contribution < 1.29 is 13.2 Å². The molecule has 1 saturated heterocycles. The third kappa shape index (κ3) is 4.14. The number of hydrogen-bond donors (Lipinski definition) is 2. The second-order valence-electron chi connectivity index (χ2n) is 7.55. The molecule has 0 saturated carbocycles. The van der Waals surface area contributed by atoms with Crippen LogP contribution in [0.4, 0.5) is 0 Å². The van der Waals surface area contributed by atoms with E-state index in [9.17, 15) is 13.2 Å². The average molecular weight is 466 g/mol. The van der Waals surface area contributed by atoms with E-state index in [2.05, 4.69) is 17.1 Å². The third-order valence-corrected chi connectivity index (χ3v) is 8.83. The van der Waals surface area contributed by atoms with E-state index in [0.29, 0.717) is 43.9 Å². The van der Waals surface area contributed by atoms with E-state index >= 15 is 0 Å². The number of nitrogens with zero attached hydrogens (tertiary/aromatic N) is 1. The van der Waals surface area contributed by atoms with Gasteiger partial charge in [0.1, 0.15) is 5.69 Å². The SMILES string of the molecule is NC(=O)c1[nH]c2ccc(-c3cccs3)cc2c1C1CCN(S(=O)(=O)CCCCl)CC1. The van der Waals surface area contributed by atoms with Crippen molar-refractivity contribution in [3.63, 3.8) is 0 Å². The van der Waals surface area contributed by atoms with Crippen LogP contribution < -0.4 is 5.73 Å². The zero-order valence-electron chi connectivity index (χ0n) is 16.4. The summed E-state index contributed by atoms with van der Waals surface area (Å²) < 4.78 is 26.5. The number of carbonyl (C=O) groups is 1.